The van der Waals surface area contributed by atoms with Crippen molar-refractivity contribution in [2.24, 2.45) is 0 Å². The molecule has 0 spiro atoms. The lowest BCUT2D eigenvalue weighted by atomic mass is 10.1. The molecule has 2 N–H and O–H groups in total. The fourth-order valence-electron chi connectivity index (χ4n) is 3.67. The number of rotatable bonds is 6. The average Bonchev–Trinajstić information content (AvgIpc) is 2.85. The van der Waals surface area contributed by atoms with Crippen molar-refractivity contribution in [2.45, 2.75) is 44.4 Å². The molecule has 3 aromatic rings. The van der Waals surface area contributed by atoms with Crippen molar-refractivity contribution in [1.29, 1.82) is 0 Å². The van der Waals surface area contributed by atoms with Gasteiger partial charge in [0.25, 0.3) is 15.9 Å². The van der Waals surface area contributed by atoms with Gasteiger partial charge >= 0.3 is 12.0 Å². The second kappa shape index (κ2) is 10.1. The number of carbonyl (C=O) groups is 3. The summed E-state index contributed by atoms with van der Waals surface area (Å²) < 4.78 is 32.8. The van der Waals surface area contributed by atoms with Crippen LogP contribution in [-0.2, 0) is 27.8 Å². The van der Waals surface area contributed by atoms with Crippen molar-refractivity contribution in [3.05, 3.63) is 95.1 Å². The van der Waals surface area contributed by atoms with Crippen LogP contribution in [0.3, 0.4) is 0 Å². The zero-order valence-electron chi connectivity index (χ0n) is 20.6. The third-order valence-electron chi connectivity index (χ3n) is 5.49. The Morgan fingerprint density at radius 2 is 1.57 bits per heavy atom. The normalized spacial score (nSPS) is 14.4. The Hall–Kier alpha value is -4.18. The molecule has 10 heteroatoms. The Kier molecular flexibility index (Phi) is 7.04. The van der Waals surface area contributed by atoms with Crippen molar-refractivity contribution in [1.82, 2.24) is 9.62 Å². The first kappa shape index (κ1) is 25.9. The van der Waals surface area contributed by atoms with Crippen LogP contribution in [-0.4, -0.2) is 36.2 Å². The van der Waals surface area contributed by atoms with Crippen molar-refractivity contribution in [2.75, 3.05) is 5.32 Å². The van der Waals surface area contributed by atoms with E-state index in [9.17, 15) is 22.8 Å². The number of hydrogen-bond acceptors (Lipinski definition) is 6. The van der Waals surface area contributed by atoms with Crippen LogP contribution in [0.5, 0.6) is 0 Å². The number of nitrogens with zero attached hydrogens (tertiary/aromatic N) is 1. The van der Waals surface area contributed by atoms with Gasteiger partial charge in [-0.1, -0.05) is 42.5 Å². The first-order valence-electron chi connectivity index (χ1n) is 11.6. The topological polar surface area (TPSA) is 122 Å². The quantitative estimate of drug-likeness (QED) is 0.466. The minimum atomic E-state index is -4.25. The SMILES string of the molecule is CC(C)(C)OC(=O)c1ccc(CN2C(=O)Nc3ccc(C(=O)NCc4ccccc4)cc3S2(=O)=O)cc1. The average molecular weight is 522 g/mol. The Labute approximate surface area is 215 Å². The van der Waals surface area contributed by atoms with Crippen LogP contribution in [0.25, 0.3) is 0 Å². The number of ether oxygens (including phenoxy) is 1. The molecule has 0 aromatic heterocycles. The summed E-state index contributed by atoms with van der Waals surface area (Å²) in [7, 11) is -4.25. The molecule has 3 amide bonds. The molecule has 4 rings (SSSR count). The first-order chi connectivity index (χ1) is 17.4. The molecule has 0 atom stereocenters. The number of esters is 1. The summed E-state index contributed by atoms with van der Waals surface area (Å²) >= 11 is 0. The lowest BCUT2D eigenvalue weighted by Crippen LogP contribution is -2.43. The second-order valence-corrected chi connectivity index (χ2v) is 11.4. The molecule has 0 bridgehead atoms. The molecule has 0 radical (unpaired) electrons. The molecule has 0 saturated heterocycles. The summed E-state index contributed by atoms with van der Waals surface area (Å²) in [6, 6.07) is 18.8. The van der Waals surface area contributed by atoms with Gasteiger partial charge < -0.3 is 15.4 Å². The third-order valence-corrected chi connectivity index (χ3v) is 7.26. The van der Waals surface area contributed by atoms with Crippen molar-refractivity contribution < 1.29 is 27.5 Å². The molecule has 0 aliphatic carbocycles. The van der Waals surface area contributed by atoms with Gasteiger partial charge in [-0.2, -0.15) is 0 Å². The zero-order valence-corrected chi connectivity index (χ0v) is 21.5. The van der Waals surface area contributed by atoms with E-state index in [0.29, 0.717) is 15.4 Å². The van der Waals surface area contributed by atoms with Crippen LogP contribution >= 0.6 is 0 Å². The van der Waals surface area contributed by atoms with Crippen LogP contribution < -0.4 is 10.6 Å². The van der Waals surface area contributed by atoms with Gasteiger partial charge in [0, 0.05) is 12.1 Å². The number of carbonyl (C=O) groups excluding carboxylic acids is 3. The van der Waals surface area contributed by atoms with Gasteiger partial charge in [0.2, 0.25) is 0 Å². The number of urea groups is 1. The summed E-state index contributed by atoms with van der Waals surface area (Å²) in [6.07, 6.45) is 0. The maximum absolute atomic E-state index is 13.4. The van der Waals surface area contributed by atoms with Gasteiger partial charge in [-0.3, -0.25) is 4.79 Å². The highest BCUT2D eigenvalue weighted by Gasteiger charge is 2.37. The van der Waals surface area contributed by atoms with Crippen LogP contribution in [0.1, 0.15) is 52.6 Å². The van der Waals surface area contributed by atoms with Crippen LogP contribution in [0, 0.1) is 0 Å². The minimum Gasteiger partial charge on any atom is -0.456 e. The monoisotopic (exact) mass is 521 g/mol. The fourth-order valence-corrected chi connectivity index (χ4v) is 5.17. The molecule has 3 aromatic carbocycles. The summed E-state index contributed by atoms with van der Waals surface area (Å²) in [5, 5.41) is 5.33. The smallest absolute Gasteiger partial charge is 0.338 e. The molecule has 192 valence electrons. The van der Waals surface area contributed by atoms with Gasteiger partial charge in [-0.05, 0) is 62.2 Å². The lowest BCUT2D eigenvalue weighted by molar-refractivity contribution is 0.00693. The first-order valence-corrected chi connectivity index (χ1v) is 13.0. The predicted octanol–water partition coefficient (Wildman–Crippen LogP) is 4.31. The molecule has 1 aliphatic heterocycles. The Balaban J connectivity index is 1.52. The highest BCUT2D eigenvalue weighted by atomic mass is 32.2. The third kappa shape index (κ3) is 5.97. The van der Waals surface area contributed by atoms with Gasteiger partial charge in [0.1, 0.15) is 10.5 Å². The van der Waals surface area contributed by atoms with Crippen LogP contribution in [0.2, 0.25) is 0 Å². The van der Waals surface area contributed by atoms with Gasteiger partial charge in [0.15, 0.2) is 0 Å². The molecule has 0 saturated carbocycles. The van der Waals surface area contributed by atoms with Crippen molar-refractivity contribution in [3.8, 4) is 0 Å². The van der Waals surface area contributed by atoms with E-state index >= 15 is 0 Å². The molecule has 1 aliphatic rings. The number of amides is 3. The summed E-state index contributed by atoms with van der Waals surface area (Å²) in [6.45, 7) is 5.30. The molecule has 0 unspecified atom stereocenters. The number of sulfonamides is 1. The van der Waals surface area contributed by atoms with E-state index in [0.717, 1.165) is 5.56 Å². The van der Waals surface area contributed by atoms with E-state index in [1.165, 1.54) is 30.3 Å². The highest BCUT2D eigenvalue weighted by molar-refractivity contribution is 7.90. The molecule has 37 heavy (non-hydrogen) atoms. The number of benzene rings is 3. The minimum absolute atomic E-state index is 0.0983. The van der Waals surface area contributed by atoms with E-state index in [1.807, 2.05) is 30.3 Å². The standard InChI is InChI=1S/C27H27N3O6S/c1-27(2,3)36-25(32)20-11-9-19(10-12-20)17-30-26(33)29-22-14-13-21(15-23(22)37(30,34)35)24(31)28-16-18-7-5-4-6-8-18/h4-15H,16-17H2,1-3H3,(H,28,31)(H,29,33). The maximum atomic E-state index is 13.4. The number of hydrogen-bond donors (Lipinski definition) is 2. The Morgan fingerprint density at radius 3 is 2.22 bits per heavy atom. The van der Waals surface area contributed by atoms with E-state index in [2.05, 4.69) is 10.6 Å². The highest BCUT2D eigenvalue weighted by Crippen LogP contribution is 2.32. The van der Waals surface area contributed by atoms with E-state index in [4.69, 9.17) is 4.74 Å². The van der Waals surface area contributed by atoms with Crippen LogP contribution in [0.15, 0.2) is 77.7 Å². The predicted molar refractivity (Wildman–Crippen MR) is 137 cm³/mol. The molecule has 9 nitrogen and oxygen atoms in total. The van der Waals surface area contributed by atoms with Gasteiger partial charge in [-0.15, -0.1) is 0 Å². The number of fused-ring (bicyclic) bond motifs is 1. The summed E-state index contributed by atoms with van der Waals surface area (Å²) in [5.74, 6) is -0.947. The Morgan fingerprint density at radius 1 is 0.919 bits per heavy atom. The molecular formula is C27H27N3O6S. The number of nitrogens with one attached hydrogen (secondary N) is 2. The van der Waals surface area contributed by atoms with E-state index in [1.54, 1.807) is 32.9 Å². The fraction of sp³-hybridized carbons (Fsp3) is 0.222. The van der Waals surface area contributed by atoms with E-state index in [-0.39, 0.29) is 29.2 Å². The summed E-state index contributed by atoms with van der Waals surface area (Å²) in [5.41, 5.74) is 1.29. The van der Waals surface area contributed by atoms with Crippen molar-refractivity contribution >= 4 is 33.6 Å². The molecule has 1 heterocycles. The van der Waals surface area contributed by atoms with Crippen molar-refractivity contribution in [3.63, 3.8) is 0 Å². The largest absolute Gasteiger partial charge is 0.456 e. The van der Waals surface area contributed by atoms with E-state index < -0.39 is 33.5 Å². The number of anilines is 1. The molecular weight excluding hydrogens is 494 g/mol. The zero-order chi connectivity index (χ0) is 26.8. The maximum Gasteiger partial charge on any atom is 0.338 e. The molecule has 0 fully saturated rings. The lowest BCUT2D eigenvalue weighted by Gasteiger charge is -2.29. The van der Waals surface area contributed by atoms with Gasteiger partial charge in [0.05, 0.1) is 17.8 Å². The summed E-state index contributed by atoms with van der Waals surface area (Å²) in [4.78, 5) is 37.4. The van der Waals surface area contributed by atoms with Gasteiger partial charge in [-0.25, -0.2) is 22.3 Å². The second-order valence-electron chi connectivity index (χ2n) is 9.52. The Bertz CT molecular complexity index is 1450. The van der Waals surface area contributed by atoms with Crippen LogP contribution in [0.4, 0.5) is 10.5 Å².